The van der Waals surface area contributed by atoms with Gasteiger partial charge in [-0.2, -0.15) is 18.4 Å². The number of rotatable bonds is 1. The maximum Gasteiger partial charge on any atom is 0.416 e. The highest BCUT2D eigenvalue weighted by Crippen LogP contribution is 2.29. The normalized spacial score (nSPS) is 11.6. The van der Waals surface area contributed by atoms with E-state index in [1.54, 1.807) is 6.07 Å². The van der Waals surface area contributed by atoms with Gasteiger partial charge >= 0.3 is 6.18 Å². The number of nitrogens with zero attached hydrogens (tertiary/aromatic N) is 1. The van der Waals surface area contributed by atoms with Crippen molar-refractivity contribution < 1.29 is 13.2 Å². The van der Waals surface area contributed by atoms with E-state index >= 15 is 0 Å². The Labute approximate surface area is 79.1 Å². The first kappa shape index (κ1) is 10.3. The monoisotopic (exact) mass is 197 g/mol. The molecule has 0 aliphatic carbocycles. The predicted octanol–water partition coefficient (Wildman–Crippen LogP) is 3.24. The number of nitriles is 1. The van der Waals surface area contributed by atoms with Gasteiger partial charge in [-0.3, -0.25) is 0 Å². The molecule has 0 spiro atoms. The molecule has 0 N–H and O–H groups in total. The van der Waals surface area contributed by atoms with Crippen LogP contribution < -0.4 is 0 Å². The van der Waals surface area contributed by atoms with Crippen molar-refractivity contribution in [3.8, 4) is 6.07 Å². The molecule has 0 saturated carbocycles. The van der Waals surface area contributed by atoms with Crippen molar-refractivity contribution in [2.24, 2.45) is 0 Å². The minimum atomic E-state index is -4.31. The van der Waals surface area contributed by atoms with E-state index in [1.807, 2.05) is 0 Å². The Morgan fingerprint density at radius 2 is 1.71 bits per heavy atom. The third-order valence-electron chi connectivity index (χ3n) is 1.59. The standard InChI is InChI=1S/C10H6F3N/c11-10(12,13)9-5-3-8(4-6-9)2-1-7-14/h1-6H/b2-1-. The van der Waals surface area contributed by atoms with Crippen molar-refractivity contribution >= 4 is 6.08 Å². The summed E-state index contributed by atoms with van der Waals surface area (Å²) in [4.78, 5) is 0. The molecule has 0 aliphatic rings. The zero-order valence-corrected chi connectivity index (χ0v) is 7.05. The van der Waals surface area contributed by atoms with Gasteiger partial charge in [-0.05, 0) is 23.8 Å². The molecule has 0 unspecified atom stereocenters. The molecule has 1 aromatic carbocycles. The van der Waals surface area contributed by atoms with E-state index in [9.17, 15) is 13.2 Å². The van der Waals surface area contributed by atoms with E-state index in [2.05, 4.69) is 0 Å². The summed E-state index contributed by atoms with van der Waals surface area (Å²) in [6.45, 7) is 0. The maximum absolute atomic E-state index is 12.1. The Morgan fingerprint density at radius 3 is 2.14 bits per heavy atom. The van der Waals surface area contributed by atoms with Gasteiger partial charge in [0.2, 0.25) is 0 Å². The van der Waals surface area contributed by atoms with Crippen LogP contribution in [0.15, 0.2) is 30.3 Å². The highest BCUT2D eigenvalue weighted by molar-refractivity contribution is 5.52. The minimum Gasteiger partial charge on any atom is -0.193 e. The SMILES string of the molecule is N#C/C=C\c1ccc(C(F)(F)F)cc1. The molecule has 0 radical (unpaired) electrons. The van der Waals surface area contributed by atoms with E-state index in [1.165, 1.54) is 24.3 Å². The molecule has 0 amide bonds. The Balaban J connectivity index is 2.91. The van der Waals surface area contributed by atoms with Gasteiger partial charge in [-0.15, -0.1) is 0 Å². The Morgan fingerprint density at radius 1 is 1.14 bits per heavy atom. The highest BCUT2D eigenvalue weighted by Gasteiger charge is 2.29. The van der Waals surface area contributed by atoms with Gasteiger partial charge in [0.05, 0.1) is 11.6 Å². The Bertz CT molecular complexity index is 368. The molecule has 1 nitrogen and oxygen atoms in total. The van der Waals surface area contributed by atoms with E-state index in [0.29, 0.717) is 5.56 Å². The van der Waals surface area contributed by atoms with Crippen LogP contribution in [0.1, 0.15) is 11.1 Å². The van der Waals surface area contributed by atoms with Gasteiger partial charge < -0.3 is 0 Å². The molecule has 0 saturated heterocycles. The van der Waals surface area contributed by atoms with E-state index in [4.69, 9.17) is 5.26 Å². The number of allylic oxidation sites excluding steroid dienone is 1. The molecule has 1 rings (SSSR count). The first-order valence-corrected chi connectivity index (χ1v) is 3.77. The molecule has 0 fully saturated rings. The summed E-state index contributed by atoms with van der Waals surface area (Å²) in [6.07, 6.45) is -1.65. The van der Waals surface area contributed by atoms with Gasteiger partial charge in [-0.1, -0.05) is 12.1 Å². The lowest BCUT2D eigenvalue weighted by Crippen LogP contribution is -2.03. The van der Waals surface area contributed by atoms with Crippen LogP contribution in [-0.2, 0) is 6.18 Å². The van der Waals surface area contributed by atoms with Gasteiger partial charge in [-0.25, -0.2) is 0 Å². The molecule has 72 valence electrons. The zero-order chi connectivity index (χ0) is 10.6. The summed E-state index contributed by atoms with van der Waals surface area (Å²) < 4.78 is 36.3. The number of alkyl halides is 3. The Kier molecular flexibility index (Phi) is 2.92. The summed E-state index contributed by atoms with van der Waals surface area (Å²) in [7, 11) is 0. The fourth-order valence-corrected chi connectivity index (χ4v) is 0.917. The van der Waals surface area contributed by atoms with Gasteiger partial charge in [0.25, 0.3) is 0 Å². The van der Waals surface area contributed by atoms with Crippen molar-refractivity contribution in [3.63, 3.8) is 0 Å². The third-order valence-corrected chi connectivity index (χ3v) is 1.59. The van der Waals surface area contributed by atoms with Gasteiger partial charge in [0.15, 0.2) is 0 Å². The molecule has 0 heterocycles. The molecule has 0 aliphatic heterocycles. The predicted molar refractivity (Wildman–Crippen MR) is 46.1 cm³/mol. The van der Waals surface area contributed by atoms with Crippen molar-refractivity contribution in [2.45, 2.75) is 6.18 Å². The number of benzene rings is 1. The third kappa shape index (κ3) is 2.63. The second-order valence-corrected chi connectivity index (χ2v) is 2.58. The van der Waals surface area contributed by atoms with Crippen LogP contribution in [0.3, 0.4) is 0 Å². The minimum absolute atomic E-state index is 0.569. The van der Waals surface area contributed by atoms with Crippen LogP contribution in [0.2, 0.25) is 0 Å². The van der Waals surface area contributed by atoms with Crippen LogP contribution >= 0.6 is 0 Å². The molecule has 0 aromatic heterocycles. The number of hydrogen-bond acceptors (Lipinski definition) is 1. The quantitative estimate of drug-likeness (QED) is 0.634. The van der Waals surface area contributed by atoms with Crippen LogP contribution in [0.25, 0.3) is 6.08 Å². The first-order valence-electron chi connectivity index (χ1n) is 3.77. The molecule has 1 aromatic rings. The van der Waals surface area contributed by atoms with Crippen molar-refractivity contribution in [2.75, 3.05) is 0 Å². The van der Waals surface area contributed by atoms with E-state index < -0.39 is 11.7 Å². The summed E-state index contributed by atoms with van der Waals surface area (Å²) in [5.74, 6) is 0. The lowest BCUT2D eigenvalue weighted by molar-refractivity contribution is -0.137. The molecule has 4 heteroatoms. The lowest BCUT2D eigenvalue weighted by atomic mass is 10.1. The van der Waals surface area contributed by atoms with Crippen molar-refractivity contribution in [3.05, 3.63) is 41.5 Å². The average Bonchev–Trinajstić information content (AvgIpc) is 2.14. The van der Waals surface area contributed by atoms with Crippen molar-refractivity contribution in [1.82, 2.24) is 0 Å². The Hall–Kier alpha value is -1.76. The number of hydrogen-bond donors (Lipinski definition) is 0. The number of halogens is 3. The molecule has 0 bridgehead atoms. The fourth-order valence-electron chi connectivity index (χ4n) is 0.917. The first-order chi connectivity index (χ1) is 6.54. The van der Waals surface area contributed by atoms with Crippen LogP contribution in [0.5, 0.6) is 0 Å². The summed E-state index contributed by atoms with van der Waals surface area (Å²) in [6, 6.07) is 6.36. The molecule has 0 atom stereocenters. The molecule has 14 heavy (non-hydrogen) atoms. The summed E-state index contributed by atoms with van der Waals surface area (Å²) >= 11 is 0. The topological polar surface area (TPSA) is 23.8 Å². The van der Waals surface area contributed by atoms with Crippen molar-refractivity contribution in [1.29, 1.82) is 5.26 Å². The maximum atomic E-state index is 12.1. The van der Waals surface area contributed by atoms with Crippen LogP contribution in [-0.4, -0.2) is 0 Å². The average molecular weight is 197 g/mol. The zero-order valence-electron chi connectivity index (χ0n) is 7.05. The largest absolute Gasteiger partial charge is 0.416 e. The second-order valence-electron chi connectivity index (χ2n) is 2.58. The van der Waals surface area contributed by atoms with Gasteiger partial charge in [0, 0.05) is 6.08 Å². The molecular weight excluding hydrogens is 191 g/mol. The summed E-state index contributed by atoms with van der Waals surface area (Å²) in [5.41, 5.74) is -0.119. The lowest BCUT2D eigenvalue weighted by Gasteiger charge is -2.05. The van der Waals surface area contributed by atoms with Crippen LogP contribution in [0, 0.1) is 11.3 Å². The second kappa shape index (κ2) is 3.97. The fraction of sp³-hybridized carbons (Fsp3) is 0.100. The van der Waals surface area contributed by atoms with E-state index in [0.717, 1.165) is 12.1 Å². The molecular formula is C10H6F3N. The van der Waals surface area contributed by atoms with Crippen LogP contribution in [0.4, 0.5) is 13.2 Å². The highest BCUT2D eigenvalue weighted by atomic mass is 19.4. The van der Waals surface area contributed by atoms with E-state index in [-0.39, 0.29) is 0 Å². The van der Waals surface area contributed by atoms with Gasteiger partial charge in [0.1, 0.15) is 0 Å². The summed E-state index contributed by atoms with van der Waals surface area (Å²) in [5, 5.41) is 8.19. The smallest absolute Gasteiger partial charge is 0.193 e.